The molecule has 4 aromatic rings. The van der Waals surface area contributed by atoms with Crippen LogP contribution >= 0.6 is 0 Å². The number of aromatic nitrogens is 2. The van der Waals surface area contributed by atoms with Gasteiger partial charge in [0.1, 0.15) is 5.75 Å². The zero-order chi connectivity index (χ0) is 21.0. The van der Waals surface area contributed by atoms with Crippen molar-refractivity contribution in [3.8, 4) is 34.4 Å². The van der Waals surface area contributed by atoms with Crippen LogP contribution in [0.1, 0.15) is 10.4 Å². The van der Waals surface area contributed by atoms with Gasteiger partial charge in [-0.25, -0.2) is 9.97 Å². The van der Waals surface area contributed by atoms with E-state index in [2.05, 4.69) is 15.3 Å². The number of benzene rings is 3. The molecule has 152 valence electrons. The number of carbonyl (C=O) groups is 1. The van der Waals surface area contributed by atoms with Crippen molar-refractivity contribution in [3.05, 3.63) is 90.8 Å². The van der Waals surface area contributed by atoms with E-state index in [9.17, 15) is 4.79 Å². The van der Waals surface area contributed by atoms with E-state index in [1.165, 1.54) is 0 Å². The lowest BCUT2D eigenvalue weighted by molar-refractivity contribution is 0.102. The molecule has 31 heavy (non-hydrogen) atoms. The van der Waals surface area contributed by atoms with Gasteiger partial charge in [-0.2, -0.15) is 0 Å². The molecule has 0 spiro atoms. The minimum absolute atomic E-state index is 0.187. The summed E-state index contributed by atoms with van der Waals surface area (Å²) in [6.07, 6.45) is 3.33. The first-order valence-electron chi connectivity index (χ1n) is 9.61. The molecule has 0 fully saturated rings. The number of hydrogen-bond donors (Lipinski definition) is 1. The molecule has 1 aliphatic rings. The van der Waals surface area contributed by atoms with Crippen LogP contribution in [0, 0.1) is 0 Å². The predicted octanol–water partition coefficient (Wildman–Crippen LogP) is 4.92. The van der Waals surface area contributed by atoms with E-state index in [1.54, 1.807) is 42.7 Å². The summed E-state index contributed by atoms with van der Waals surface area (Å²) >= 11 is 0. The van der Waals surface area contributed by atoms with Gasteiger partial charge >= 0.3 is 6.01 Å². The van der Waals surface area contributed by atoms with Gasteiger partial charge in [0.05, 0.1) is 0 Å². The molecular formula is C24H17N3O4. The van der Waals surface area contributed by atoms with E-state index in [0.717, 1.165) is 11.1 Å². The molecule has 0 radical (unpaired) electrons. The molecular weight excluding hydrogens is 394 g/mol. The Labute approximate surface area is 178 Å². The number of rotatable bonds is 5. The summed E-state index contributed by atoms with van der Waals surface area (Å²) in [4.78, 5) is 21.3. The summed E-state index contributed by atoms with van der Waals surface area (Å²) in [7, 11) is 0. The molecule has 0 atom stereocenters. The quantitative estimate of drug-likeness (QED) is 0.502. The van der Waals surface area contributed by atoms with E-state index in [1.807, 2.05) is 42.5 Å². The van der Waals surface area contributed by atoms with E-state index in [4.69, 9.17) is 14.2 Å². The van der Waals surface area contributed by atoms with E-state index in [0.29, 0.717) is 28.5 Å². The molecule has 3 aromatic carbocycles. The predicted molar refractivity (Wildman–Crippen MR) is 115 cm³/mol. The van der Waals surface area contributed by atoms with Crippen LogP contribution in [0.25, 0.3) is 11.1 Å². The first kappa shape index (κ1) is 18.6. The van der Waals surface area contributed by atoms with Crippen molar-refractivity contribution in [2.75, 3.05) is 12.1 Å². The molecule has 0 saturated heterocycles. The molecule has 1 aromatic heterocycles. The van der Waals surface area contributed by atoms with Crippen LogP contribution in [-0.4, -0.2) is 22.7 Å². The van der Waals surface area contributed by atoms with Gasteiger partial charge in [-0.3, -0.25) is 4.79 Å². The summed E-state index contributed by atoms with van der Waals surface area (Å²) in [5.41, 5.74) is 2.74. The third kappa shape index (κ3) is 4.16. The van der Waals surface area contributed by atoms with Crippen molar-refractivity contribution in [1.29, 1.82) is 0 Å². The number of carbonyl (C=O) groups excluding carboxylic acids is 1. The van der Waals surface area contributed by atoms with Crippen molar-refractivity contribution in [2.45, 2.75) is 0 Å². The normalized spacial score (nSPS) is 11.7. The monoisotopic (exact) mass is 411 g/mol. The maximum atomic E-state index is 12.7. The largest absolute Gasteiger partial charge is 0.454 e. The van der Waals surface area contributed by atoms with Crippen LogP contribution in [-0.2, 0) is 0 Å². The Kier molecular flexibility index (Phi) is 4.90. The highest BCUT2D eigenvalue weighted by Crippen LogP contribution is 2.34. The number of para-hydroxylation sites is 1. The lowest BCUT2D eigenvalue weighted by Crippen LogP contribution is -2.11. The van der Waals surface area contributed by atoms with E-state index >= 15 is 0 Å². The first-order valence-corrected chi connectivity index (χ1v) is 9.61. The Morgan fingerprint density at radius 2 is 1.65 bits per heavy atom. The van der Waals surface area contributed by atoms with Crippen molar-refractivity contribution in [3.63, 3.8) is 0 Å². The van der Waals surface area contributed by atoms with Crippen LogP contribution in [0.2, 0.25) is 0 Å². The molecule has 0 saturated carbocycles. The summed E-state index contributed by atoms with van der Waals surface area (Å²) < 4.78 is 16.3. The minimum atomic E-state index is -0.231. The van der Waals surface area contributed by atoms with Gasteiger partial charge in [-0.15, -0.1) is 0 Å². The van der Waals surface area contributed by atoms with Crippen LogP contribution in [0.15, 0.2) is 85.2 Å². The van der Waals surface area contributed by atoms with Gasteiger partial charge in [0, 0.05) is 35.3 Å². The molecule has 2 heterocycles. The molecule has 0 unspecified atom stereocenters. The number of nitrogens with one attached hydrogen (secondary N) is 1. The second kappa shape index (κ2) is 8.16. The van der Waals surface area contributed by atoms with Crippen LogP contribution < -0.4 is 19.5 Å². The Morgan fingerprint density at radius 1 is 0.839 bits per heavy atom. The van der Waals surface area contributed by atoms with Crippen LogP contribution in [0.3, 0.4) is 0 Å². The molecule has 1 aliphatic heterocycles. The fourth-order valence-electron chi connectivity index (χ4n) is 3.13. The maximum Gasteiger partial charge on any atom is 0.321 e. The van der Waals surface area contributed by atoms with Gasteiger partial charge in [-0.1, -0.05) is 30.3 Å². The molecule has 1 N–H and O–H groups in total. The number of amides is 1. The van der Waals surface area contributed by atoms with Gasteiger partial charge in [0.25, 0.3) is 5.91 Å². The summed E-state index contributed by atoms with van der Waals surface area (Å²) in [6, 6.07) is 22.1. The fourth-order valence-corrected chi connectivity index (χ4v) is 3.13. The zero-order valence-corrected chi connectivity index (χ0v) is 16.3. The zero-order valence-electron chi connectivity index (χ0n) is 16.3. The summed E-state index contributed by atoms with van der Waals surface area (Å²) in [6.45, 7) is 0.187. The highest BCUT2D eigenvalue weighted by molar-refractivity contribution is 6.05. The molecule has 0 bridgehead atoms. The molecule has 5 rings (SSSR count). The molecule has 7 nitrogen and oxygen atoms in total. The molecule has 7 heteroatoms. The molecule has 1 amide bonds. The highest BCUT2D eigenvalue weighted by Gasteiger charge is 2.15. The van der Waals surface area contributed by atoms with Crippen LogP contribution in [0.4, 0.5) is 5.69 Å². The smallest absolute Gasteiger partial charge is 0.321 e. The van der Waals surface area contributed by atoms with Crippen molar-refractivity contribution < 1.29 is 19.0 Å². The van der Waals surface area contributed by atoms with Crippen molar-refractivity contribution >= 4 is 11.6 Å². The van der Waals surface area contributed by atoms with E-state index in [-0.39, 0.29) is 18.7 Å². The standard InChI is InChI=1S/C24H17N3O4/c28-23(27-19-9-10-21-22(12-19)30-15-29-21)17-6-4-5-16(11-17)18-13-25-24(26-14-18)31-20-7-2-1-3-8-20/h1-14H,15H2,(H,27,28). The minimum Gasteiger partial charge on any atom is -0.454 e. The maximum absolute atomic E-state index is 12.7. The summed E-state index contributed by atoms with van der Waals surface area (Å²) in [5, 5.41) is 2.88. The van der Waals surface area contributed by atoms with Crippen molar-refractivity contribution in [1.82, 2.24) is 9.97 Å². The van der Waals surface area contributed by atoms with Crippen LogP contribution in [0.5, 0.6) is 23.3 Å². The first-order chi connectivity index (χ1) is 15.2. The third-order valence-corrected chi connectivity index (χ3v) is 4.67. The molecule has 0 aliphatic carbocycles. The summed E-state index contributed by atoms with van der Waals surface area (Å²) in [5.74, 6) is 1.71. The number of nitrogens with zero attached hydrogens (tertiary/aromatic N) is 2. The third-order valence-electron chi connectivity index (χ3n) is 4.67. The Hall–Kier alpha value is -4.39. The number of fused-ring (bicyclic) bond motifs is 1. The van der Waals surface area contributed by atoms with Gasteiger partial charge in [0.2, 0.25) is 6.79 Å². The lowest BCUT2D eigenvalue weighted by atomic mass is 10.1. The fraction of sp³-hybridized carbons (Fsp3) is 0.0417. The topological polar surface area (TPSA) is 82.6 Å². The SMILES string of the molecule is O=C(Nc1ccc2c(c1)OCO2)c1cccc(-c2cnc(Oc3ccccc3)nc2)c1. The van der Waals surface area contributed by atoms with Crippen molar-refractivity contribution in [2.24, 2.45) is 0 Å². The number of hydrogen-bond acceptors (Lipinski definition) is 6. The van der Waals surface area contributed by atoms with Gasteiger partial charge < -0.3 is 19.5 Å². The van der Waals surface area contributed by atoms with Gasteiger partial charge in [0.15, 0.2) is 11.5 Å². The second-order valence-electron chi connectivity index (χ2n) is 6.77. The average Bonchev–Trinajstić information content (AvgIpc) is 3.28. The average molecular weight is 411 g/mol. The Bertz CT molecular complexity index is 1230. The lowest BCUT2D eigenvalue weighted by Gasteiger charge is -2.08. The number of ether oxygens (including phenoxy) is 3. The van der Waals surface area contributed by atoms with E-state index < -0.39 is 0 Å². The Morgan fingerprint density at radius 3 is 2.48 bits per heavy atom. The highest BCUT2D eigenvalue weighted by atomic mass is 16.7. The Balaban J connectivity index is 1.31. The number of anilines is 1. The second-order valence-corrected chi connectivity index (χ2v) is 6.77. The van der Waals surface area contributed by atoms with Gasteiger partial charge in [-0.05, 0) is 42.0 Å².